The van der Waals surface area contributed by atoms with E-state index in [1.165, 1.54) is 4.31 Å². The fourth-order valence-electron chi connectivity index (χ4n) is 3.40. The summed E-state index contributed by atoms with van der Waals surface area (Å²) in [5.74, 6) is -0.257. The monoisotopic (exact) mass is 425 g/mol. The van der Waals surface area contributed by atoms with E-state index < -0.39 is 10.0 Å². The van der Waals surface area contributed by atoms with Crippen molar-refractivity contribution in [3.05, 3.63) is 84.2 Å². The Labute approximate surface area is 175 Å². The van der Waals surface area contributed by atoms with Crippen LogP contribution in [0, 0.1) is 0 Å². The maximum atomic E-state index is 13.0. The molecule has 1 amide bonds. The molecule has 1 saturated heterocycles. The number of nitrogens with one attached hydrogen (secondary N) is 1. The van der Waals surface area contributed by atoms with Crippen LogP contribution in [0.5, 0.6) is 0 Å². The summed E-state index contributed by atoms with van der Waals surface area (Å²) in [6, 6.07) is 17.9. The van der Waals surface area contributed by atoms with E-state index in [-0.39, 0.29) is 17.3 Å². The summed E-state index contributed by atoms with van der Waals surface area (Å²) in [4.78, 5) is 12.8. The lowest BCUT2D eigenvalue weighted by Gasteiger charge is -2.27. The Morgan fingerprint density at radius 3 is 2.30 bits per heavy atom. The van der Waals surface area contributed by atoms with Gasteiger partial charge in [-0.2, -0.15) is 4.31 Å². The van der Waals surface area contributed by atoms with Crippen LogP contribution in [0.1, 0.15) is 15.9 Å². The molecule has 0 atom stereocenters. The van der Waals surface area contributed by atoms with Gasteiger partial charge in [-0.15, -0.1) is 0 Å². The number of ether oxygens (including phenoxy) is 1. The van der Waals surface area contributed by atoms with Gasteiger partial charge < -0.3 is 14.6 Å². The summed E-state index contributed by atoms with van der Waals surface area (Å²) >= 11 is 0. The number of hydrogen-bond donors (Lipinski definition) is 1. The zero-order valence-corrected chi connectivity index (χ0v) is 17.2. The number of hydrogen-bond acceptors (Lipinski definition) is 4. The van der Waals surface area contributed by atoms with E-state index in [9.17, 15) is 13.2 Å². The summed E-state index contributed by atoms with van der Waals surface area (Å²) in [6.45, 7) is 1.56. The van der Waals surface area contributed by atoms with Gasteiger partial charge in [0.2, 0.25) is 10.0 Å². The van der Waals surface area contributed by atoms with Gasteiger partial charge >= 0.3 is 0 Å². The number of rotatable bonds is 6. The number of benzene rings is 2. The number of morpholine rings is 1. The molecule has 0 unspecified atom stereocenters. The van der Waals surface area contributed by atoms with Crippen LogP contribution in [-0.2, 0) is 21.3 Å². The second-order valence-corrected chi connectivity index (χ2v) is 8.85. The fraction of sp³-hybridized carbons (Fsp3) is 0.227. The molecule has 0 bridgehead atoms. The third-order valence-electron chi connectivity index (χ3n) is 5.03. The molecule has 1 fully saturated rings. The van der Waals surface area contributed by atoms with Crippen molar-refractivity contribution in [1.29, 1.82) is 0 Å². The minimum absolute atomic E-state index is 0.123. The molecule has 0 radical (unpaired) electrons. The summed E-state index contributed by atoms with van der Waals surface area (Å²) in [5.41, 5.74) is 2.03. The van der Waals surface area contributed by atoms with E-state index in [1.807, 2.05) is 41.2 Å². The van der Waals surface area contributed by atoms with Gasteiger partial charge in [0, 0.05) is 43.3 Å². The van der Waals surface area contributed by atoms with Crippen molar-refractivity contribution >= 4 is 15.9 Å². The minimum atomic E-state index is -3.64. The Morgan fingerprint density at radius 2 is 1.60 bits per heavy atom. The van der Waals surface area contributed by atoms with E-state index in [0.29, 0.717) is 37.4 Å². The summed E-state index contributed by atoms with van der Waals surface area (Å²) in [6.07, 6.45) is 3.86. The molecule has 2 aromatic carbocycles. The average Bonchev–Trinajstić information content (AvgIpc) is 3.33. The number of carbonyl (C=O) groups excluding carboxylic acids is 1. The summed E-state index contributed by atoms with van der Waals surface area (Å²) in [5, 5.41) is 2.83. The molecule has 3 aromatic rings. The highest BCUT2D eigenvalue weighted by atomic mass is 32.2. The molecule has 156 valence electrons. The molecular formula is C22H23N3O4S. The molecule has 1 aliphatic heterocycles. The van der Waals surface area contributed by atoms with Crippen molar-refractivity contribution in [2.75, 3.05) is 26.3 Å². The molecule has 0 saturated carbocycles. The lowest BCUT2D eigenvalue weighted by atomic mass is 10.1. The number of aromatic nitrogens is 1. The molecule has 4 rings (SSSR count). The van der Waals surface area contributed by atoms with E-state index in [4.69, 9.17) is 4.74 Å². The Morgan fingerprint density at radius 1 is 0.933 bits per heavy atom. The molecule has 1 aromatic heterocycles. The summed E-state index contributed by atoms with van der Waals surface area (Å²) in [7, 11) is -3.64. The average molecular weight is 426 g/mol. The molecule has 30 heavy (non-hydrogen) atoms. The van der Waals surface area contributed by atoms with Gasteiger partial charge in [-0.1, -0.05) is 18.2 Å². The Kier molecular flexibility index (Phi) is 5.98. The first kappa shape index (κ1) is 20.3. The van der Waals surface area contributed by atoms with Crippen molar-refractivity contribution < 1.29 is 17.9 Å². The highest BCUT2D eigenvalue weighted by Crippen LogP contribution is 2.21. The highest BCUT2D eigenvalue weighted by Gasteiger charge is 2.28. The zero-order chi connectivity index (χ0) is 21.0. The first-order valence-electron chi connectivity index (χ1n) is 9.73. The van der Waals surface area contributed by atoms with Crippen molar-refractivity contribution in [1.82, 2.24) is 14.2 Å². The van der Waals surface area contributed by atoms with Crippen molar-refractivity contribution in [3.8, 4) is 5.69 Å². The number of nitrogens with zero attached hydrogens (tertiary/aromatic N) is 2. The van der Waals surface area contributed by atoms with Crippen LogP contribution < -0.4 is 5.32 Å². The van der Waals surface area contributed by atoms with E-state index in [2.05, 4.69) is 5.32 Å². The van der Waals surface area contributed by atoms with Gasteiger partial charge in [-0.3, -0.25) is 4.79 Å². The molecule has 7 nitrogen and oxygen atoms in total. The Hall–Kier alpha value is -2.94. The predicted molar refractivity (Wildman–Crippen MR) is 113 cm³/mol. The number of sulfonamides is 1. The van der Waals surface area contributed by atoms with Gasteiger partial charge in [0.25, 0.3) is 5.91 Å². The smallest absolute Gasteiger partial charge is 0.251 e. The Bertz CT molecular complexity index is 1100. The molecule has 2 heterocycles. The van der Waals surface area contributed by atoms with Crippen molar-refractivity contribution in [2.45, 2.75) is 11.4 Å². The second kappa shape index (κ2) is 8.83. The maximum Gasteiger partial charge on any atom is 0.251 e. The standard InChI is InChI=1S/C22H23N3O4S/c26-22(18-7-9-20(10-8-18)24-11-3-4-12-24)23-17-19-5-1-2-6-21(19)30(27,28)25-13-15-29-16-14-25/h1-12H,13-17H2,(H,23,26). The van der Waals surface area contributed by atoms with Crippen LogP contribution in [0.3, 0.4) is 0 Å². The van der Waals surface area contributed by atoms with E-state index in [1.54, 1.807) is 36.4 Å². The third kappa shape index (κ3) is 4.30. The van der Waals surface area contributed by atoms with Gasteiger partial charge in [0.05, 0.1) is 18.1 Å². The van der Waals surface area contributed by atoms with Crippen molar-refractivity contribution in [3.63, 3.8) is 0 Å². The second-order valence-electron chi connectivity index (χ2n) is 6.94. The molecule has 1 aliphatic rings. The van der Waals surface area contributed by atoms with Crippen LogP contribution in [-0.4, -0.2) is 49.5 Å². The van der Waals surface area contributed by atoms with Crippen molar-refractivity contribution in [2.24, 2.45) is 0 Å². The molecule has 8 heteroatoms. The van der Waals surface area contributed by atoms with Gasteiger partial charge in [-0.25, -0.2) is 8.42 Å². The van der Waals surface area contributed by atoms with Crippen LogP contribution >= 0.6 is 0 Å². The minimum Gasteiger partial charge on any atom is -0.379 e. The lowest BCUT2D eigenvalue weighted by molar-refractivity contribution is 0.0730. The van der Waals surface area contributed by atoms with Gasteiger partial charge in [0.15, 0.2) is 0 Å². The predicted octanol–water partition coefficient (Wildman–Crippen LogP) is 2.43. The first-order chi connectivity index (χ1) is 14.6. The van der Waals surface area contributed by atoms with E-state index in [0.717, 1.165) is 5.69 Å². The Balaban J connectivity index is 1.47. The van der Waals surface area contributed by atoms with Crippen LogP contribution in [0.4, 0.5) is 0 Å². The normalized spacial score (nSPS) is 15.1. The molecule has 0 spiro atoms. The topological polar surface area (TPSA) is 80.6 Å². The summed E-state index contributed by atoms with van der Waals surface area (Å²) < 4.78 is 34.7. The van der Waals surface area contributed by atoms with Crippen LogP contribution in [0.25, 0.3) is 5.69 Å². The molecule has 1 N–H and O–H groups in total. The highest BCUT2D eigenvalue weighted by molar-refractivity contribution is 7.89. The van der Waals surface area contributed by atoms with Gasteiger partial charge in [-0.05, 0) is 48.0 Å². The third-order valence-corrected chi connectivity index (χ3v) is 7.03. The SMILES string of the molecule is O=C(NCc1ccccc1S(=O)(=O)N1CCOCC1)c1ccc(-n2cccc2)cc1. The van der Waals surface area contributed by atoms with Crippen LogP contribution in [0.15, 0.2) is 78.0 Å². The first-order valence-corrected chi connectivity index (χ1v) is 11.2. The van der Waals surface area contributed by atoms with Gasteiger partial charge in [0.1, 0.15) is 0 Å². The quantitative estimate of drug-likeness (QED) is 0.658. The lowest BCUT2D eigenvalue weighted by Crippen LogP contribution is -2.41. The molecular weight excluding hydrogens is 402 g/mol. The maximum absolute atomic E-state index is 13.0. The van der Waals surface area contributed by atoms with Crippen LogP contribution in [0.2, 0.25) is 0 Å². The fourth-order valence-corrected chi connectivity index (χ4v) is 5.03. The number of carbonyl (C=O) groups is 1. The molecule has 0 aliphatic carbocycles. The zero-order valence-electron chi connectivity index (χ0n) is 16.4. The van der Waals surface area contributed by atoms with E-state index >= 15 is 0 Å². The largest absolute Gasteiger partial charge is 0.379 e. The number of amides is 1.